The lowest BCUT2D eigenvalue weighted by molar-refractivity contribution is -0.144. The van der Waals surface area contributed by atoms with E-state index in [2.05, 4.69) is 0 Å². The molecule has 5 nitrogen and oxygen atoms in total. The van der Waals surface area contributed by atoms with Gasteiger partial charge in [0.2, 0.25) is 0 Å². The van der Waals surface area contributed by atoms with Crippen LogP contribution in [0.1, 0.15) is 27.2 Å². The normalized spacial score (nSPS) is 22.8. The number of rotatable bonds is 4. The molecule has 1 aliphatic carbocycles. The Balaban J connectivity index is 2.79. The lowest BCUT2D eigenvalue weighted by atomic mass is 9.80. The van der Waals surface area contributed by atoms with E-state index in [1.54, 1.807) is 13.0 Å². The molecule has 0 aromatic carbocycles. The topological polar surface area (TPSA) is 72.8 Å². The van der Waals surface area contributed by atoms with E-state index in [1.807, 2.05) is 6.08 Å². The average molecular weight is 254 g/mol. The lowest BCUT2D eigenvalue weighted by Crippen LogP contribution is -2.30. The Morgan fingerprint density at radius 3 is 2.50 bits per heavy atom. The summed E-state index contributed by atoms with van der Waals surface area (Å²) in [6, 6.07) is 0. The molecule has 0 aromatic heterocycles. The third kappa shape index (κ3) is 3.61. The van der Waals surface area contributed by atoms with E-state index < -0.39 is 11.4 Å². The van der Waals surface area contributed by atoms with Gasteiger partial charge in [-0.1, -0.05) is 12.2 Å². The molecule has 0 heterocycles. The molecule has 5 heteroatoms. The molecule has 1 rings (SSSR count). The van der Waals surface area contributed by atoms with Gasteiger partial charge >= 0.3 is 11.9 Å². The van der Waals surface area contributed by atoms with Crippen LogP contribution in [0.3, 0.4) is 0 Å². The molecule has 1 aliphatic rings. The summed E-state index contributed by atoms with van der Waals surface area (Å²) in [5.74, 6) is -0.691. The second kappa shape index (κ2) is 5.71. The number of hydrogen-bond acceptors (Lipinski definition) is 5. The molecule has 0 radical (unpaired) electrons. The van der Waals surface area contributed by atoms with Crippen molar-refractivity contribution in [2.24, 2.45) is 5.41 Å². The smallest absolute Gasteiger partial charge is 0.302 e. The summed E-state index contributed by atoms with van der Waals surface area (Å²) in [5, 5.41) is 10.2. The molecule has 0 bridgehead atoms. The van der Waals surface area contributed by atoms with E-state index >= 15 is 0 Å². The number of allylic oxidation sites excluding steroid dienone is 1. The van der Waals surface area contributed by atoms with Crippen molar-refractivity contribution in [2.45, 2.75) is 27.2 Å². The molecule has 0 spiro atoms. The second-order valence-electron chi connectivity index (χ2n) is 4.60. The molecule has 1 unspecified atom stereocenters. The highest BCUT2D eigenvalue weighted by Gasteiger charge is 2.34. The van der Waals surface area contributed by atoms with Gasteiger partial charge in [-0.2, -0.15) is 0 Å². The minimum atomic E-state index is -0.657. The summed E-state index contributed by atoms with van der Waals surface area (Å²) in [5.41, 5.74) is -0.123. The van der Waals surface area contributed by atoms with E-state index in [4.69, 9.17) is 9.47 Å². The van der Waals surface area contributed by atoms with Gasteiger partial charge in [0.1, 0.15) is 19.0 Å². The molecule has 18 heavy (non-hydrogen) atoms. The second-order valence-corrected chi connectivity index (χ2v) is 4.60. The molecule has 0 fully saturated rings. The molecule has 0 amide bonds. The van der Waals surface area contributed by atoms with E-state index in [0.717, 1.165) is 0 Å². The number of aliphatic hydroxyl groups is 1. The van der Waals surface area contributed by atoms with Gasteiger partial charge in [0.25, 0.3) is 0 Å². The van der Waals surface area contributed by atoms with Gasteiger partial charge in [-0.25, -0.2) is 0 Å². The molecule has 0 aromatic rings. The van der Waals surface area contributed by atoms with Crippen molar-refractivity contribution in [3.8, 4) is 0 Å². The van der Waals surface area contributed by atoms with Gasteiger partial charge in [-0.3, -0.25) is 9.59 Å². The third-order valence-electron chi connectivity index (χ3n) is 2.79. The Hall–Kier alpha value is -1.78. The highest BCUT2D eigenvalue weighted by atomic mass is 16.5. The van der Waals surface area contributed by atoms with Crippen LogP contribution in [0.4, 0.5) is 0 Å². The predicted octanol–water partition coefficient (Wildman–Crippen LogP) is 1.89. The summed E-state index contributed by atoms with van der Waals surface area (Å²) in [4.78, 5) is 21.6. The maximum Gasteiger partial charge on any atom is 0.302 e. The maximum absolute atomic E-state index is 10.8. The predicted molar refractivity (Wildman–Crippen MR) is 64.8 cm³/mol. The summed E-state index contributed by atoms with van der Waals surface area (Å²) >= 11 is 0. The SMILES string of the molecule is CC(=O)OCC1=C(O)C(C)(COC(C)=O)CC=C1. The number of carbonyl (C=O) groups excluding carboxylic acids is 2. The Morgan fingerprint density at radius 2 is 1.94 bits per heavy atom. The standard InChI is InChI=1S/C13H18O5/c1-9(14)17-7-11-5-4-6-13(3,12(11)16)8-18-10(2)15/h4-5,16H,6-8H2,1-3H3. The van der Waals surface area contributed by atoms with Crippen molar-refractivity contribution in [1.82, 2.24) is 0 Å². The molecule has 100 valence electrons. The molecule has 1 N–H and O–H groups in total. The number of ether oxygens (including phenoxy) is 2. The quantitative estimate of drug-likeness (QED) is 0.775. The van der Waals surface area contributed by atoms with Crippen LogP contribution in [-0.2, 0) is 19.1 Å². The monoisotopic (exact) mass is 254 g/mol. The fourth-order valence-corrected chi connectivity index (χ4v) is 1.71. The molecular weight excluding hydrogens is 236 g/mol. The fourth-order valence-electron chi connectivity index (χ4n) is 1.71. The van der Waals surface area contributed by atoms with Crippen molar-refractivity contribution in [3.05, 3.63) is 23.5 Å². The Bertz CT molecular complexity index is 408. The maximum atomic E-state index is 10.8. The van der Waals surface area contributed by atoms with Crippen molar-refractivity contribution < 1.29 is 24.2 Å². The fraction of sp³-hybridized carbons (Fsp3) is 0.538. The molecule has 0 saturated carbocycles. The largest absolute Gasteiger partial charge is 0.511 e. The Kier molecular flexibility index (Phi) is 4.53. The van der Waals surface area contributed by atoms with Crippen molar-refractivity contribution >= 4 is 11.9 Å². The number of carbonyl (C=O) groups is 2. The van der Waals surface area contributed by atoms with Crippen LogP contribution >= 0.6 is 0 Å². The average Bonchev–Trinajstić information content (AvgIpc) is 2.29. The first kappa shape index (κ1) is 14.3. The summed E-state index contributed by atoms with van der Waals surface area (Å²) < 4.78 is 9.81. The van der Waals surface area contributed by atoms with Gasteiger partial charge in [-0.15, -0.1) is 0 Å². The highest BCUT2D eigenvalue weighted by Crippen LogP contribution is 2.36. The van der Waals surface area contributed by atoms with Gasteiger partial charge in [0, 0.05) is 19.4 Å². The van der Waals surface area contributed by atoms with Crippen molar-refractivity contribution in [2.75, 3.05) is 13.2 Å². The molecule has 0 saturated heterocycles. The van der Waals surface area contributed by atoms with Crippen LogP contribution in [0, 0.1) is 5.41 Å². The van der Waals surface area contributed by atoms with Crippen LogP contribution in [0.25, 0.3) is 0 Å². The van der Waals surface area contributed by atoms with Gasteiger partial charge in [0.05, 0.1) is 5.41 Å². The van der Waals surface area contributed by atoms with Crippen LogP contribution in [0.15, 0.2) is 23.5 Å². The van der Waals surface area contributed by atoms with Gasteiger partial charge < -0.3 is 14.6 Å². The zero-order chi connectivity index (χ0) is 13.8. The zero-order valence-corrected chi connectivity index (χ0v) is 10.9. The zero-order valence-electron chi connectivity index (χ0n) is 10.9. The van der Waals surface area contributed by atoms with Gasteiger partial charge in [-0.05, 0) is 13.3 Å². The number of hydrogen-bond donors (Lipinski definition) is 1. The van der Waals surface area contributed by atoms with E-state index in [1.165, 1.54) is 13.8 Å². The summed E-state index contributed by atoms with van der Waals surface area (Å²) in [6.45, 7) is 4.54. The first-order chi connectivity index (χ1) is 8.35. The minimum Gasteiger partial charge on any atom is -0.511 e. The van der Waals surface area contributed by atoms with Crippen molar-refractivity contribution in [3.63, 3.8) is 0 Å². The summed E-state index contributed by atoms with van der Waals surface area (Å²) in [7, 11) is 0. The highest BCUT2D eigenvalue weighted by molar-refractivity contribution is 5.66. The molecule has 1 atom stereocenters. The van der Waals surface area contributed by atoms with Crippen molar-refractivity contribution in [1.29, 1.82) is 0 Å². The number of esters is 2. The Morgan fingerprint density at radius 1 is 1.33 bits per heavy atom. The minimum absolute atomic E-state index is 0.0212. The molecule has 0 aliphatic heterocycles. The van der Waals surface area contributed by atoms with Crippen LogP contribution in [-0.4, -0.2) is 30.3 Å². The first-order valence-electron chi connectivity index (χ1n) is 5.71. The number of aliphatic hydroxyl groups excluding tert-OH is 1. The van der Waals surface area contributed by atoms with Crippen LogP contribution in [0.2, 0.25) is 0 Å². The Labute approximate surface area is 106 Å². The van der Waals surface area contributed by atoms with E-state index in [9.17, 15) is 14.7 Å². The van der Waals surface area contributed by atoms with Crippen LogP contribution < -0.4 is 0 Å². The lowest BCUT2D eigenvalue weighted by Gasteiger charge is -2.31. The molecular formula is C13H18O5. The van der Waals surface area contributed by atoms with E-state index in [0.29, 0.717) is 12.0 Å². The first-order valence-corrected chi connectivity index (χ1v) is 5.71. The van der Waals surface area contributed by atoms with Crippen LogP contribution in [0.5, 0.6) is 0 Å². The van der Waals surface area contributed by atoms with Gasteiger partial charge in [0.15, 0.2) is 0 Å². The third-order valence-corrected chi connectivity index (χ3v) is 2.79. The van der Waals surface area contributed by atoms with E-state index in [-0.39, 0.29) is 24.9 Å². The summed E-state index contributed by atoms with van der Waals surface area (Å²) in [6.07, 6.45) is 4.14.